The highest BCUT2D eigenvalue weighted by Crippen LogP contribution is 2.35. The van der Waals surface area contributed by atoms with Crippen molar-refractivity contribution in [3.8, 4) is 0 Å². The van der Waals surface area contributed by atoms with Gasteiger partial charge in [-0.3, -0.25) is 14.6 Å². The van der Waals surface area contributed by atoms with Crippen LogP contribution in [0.25, 0.3) is 5.57 Å². The number of amides is 2. The third-order valence-corrected chi connectivity index (χ3v) is 9.17. The highest BCUT2D eigenvalue weighted by Gasteiger charge is 2.37. The van der Waals surface area contributed by atoms with Crippen molar-refractivity contribution in [2.75, 3.05) is 6.54 Å². The van der Waals surface area contributed by atoms with Gasteiger partial charge < -0.3 is 30.2 Å². The molecule has 5 atom stereocenters. The van der Waals surface area contributed by atoms with Crippen molar-refractivity contribution in [3.63, 3.8) is 0 Å². The van der Waals surface area contributed by atoms with Crippen LogP contribution in [0.5, 0.6) is 0 Å². The number of esters is 1. The van der Waals surface area contributed by atoms with Crippen LogP contribution in [0.2, 0.25) is 0 Å². The monoisotopic (exact) mass is 640 g/mol. The normalized spacial score (nSPS) is 27.8. The third kappa shape index (κ3) is 9.36. The van der Waals surface area contributed by atoms with E-state index in [9.17, 15) is 14.4 Å². The summed E-state index contributed by atoms with van der Waals surface area (Å²) in [6, 6.07) is 0.254. The van der Waals surface area contributed by atoms with Gasteiger partial charge in [0.2, 0.25) is 5.91 Å². The standard InChI is InChI=1S/C32H44N6O6S/c1-18(14-35-31(41)44-32(3,4)5)36-23-11-21(12-23)29(40)38-30-37-24-10-9-20(13-27(24)45-30)22-15-33-28(34-16-22)17-42-25-7-6-8-26(25)43-19(2)39/h9-10,13,15-16,18,21,23-27,36H,6-8,11-12,14,17H2,1-5H3,(H,35,41)(H,37,38,40)/t18-,21-,23+,24?,25-,26-,27?/m0/s1. The zero-order chi connectivity index (χ0) is 32.1. The number of nitrogens with zero attached hydrogens (tertiary/aromatic N) is 3. The molecule has 2 saturated carbocycles. The number of rotatable bonds is 10. The van der Waals surface area contributed by atoms with E-state index in [1.165, 1.54) is 6.92 Å². The van der Waals surface area contributed by atoms with E-state index in [0.29, 0.717) is 17.5 Å². The van der Waals surface area contributed by atoms with Crippen molar-refractivity contribution < 1.29 is 28.6 Å². The fourth-order valence-electron chi connectivity index (χ4n) is 5.79. The summed E-state index contributed by atoms with van der Waals surface area (Å²) in [4.78, 5) is 49.8. The Bertz CT molecular complexity index is 1340. The number of aliphatic imine (C=N–C) groups is 1. The highest BCUT2D eigenvalue weighted by atomic mass is 32.2. The van der Waals surface area contributed by atoms with Crippen molar-refractivity contribution in [2.45, 2.75) is 115 Å². The Kier molecular flexibility index (Phi) is 10.6. The molecule has 12 nitrogen and oxygen atoms in total. The first-order chi connectivity index (χ1) is 21.4. The second kappa shape index (κ2) is 14.4. The maximum Gasteiger partial charge on any atom is 0.407 e. The van der Waals surface area contributed by atoms with Crippen LogP contribution in [0.1, 0.15) is 78.1 Å². The largest absolute Gasteiger partial charge is 0.460 e. The van der Waals surface area contributed by atoms with E-state index in [4.69, 9.17) is 19.2 Å². The van der Waals surface area contributed by atoms with Gasteiger partial charge in [-0.15, -0.1) is 0 Å². The van der Waals surface area contributed by atoms with Gasteiger partial charge in [0.1, 0.15) is 18.3 Å². The van der Waals surface area contributed by atoms with Gasteiger partial charge in [0.25, 0.3) is 0 Å². The average Bonchev–Trinajstić information content (AvgIpc) is 3.56. The van der Waals surface area contributed by atoms with Gasteiger partial charge in [0.15, 0.2) is 11.0 Å². The molecule has 1 aromatic heterocycles. The summed E-state index contributed by atoms with van der Waals surface area (Å²) >= 11 is 1.55. The summed E-state index contributed by atoms with van der Waals surface area (Å²) < 4.78 is 16.6. The van der Waals surface area contributed by atoms with E-state index in [-0.39, 0.29) is 60.0 Å². The van der Waals surface area contributed by atoms with Crippen molar-refractivity contribution >= 4 is 40.5 Å². The van der Waals surface area contributed by atoms with Crippen LogP contribution in [0, 0.1) is 5.92 Å². The number of hydrogen-bond donors (Lipinski definition) is 3. The molecule has 2 heterocycles. The number of alkyl carbamates (subject to hydrolysis) is 1. The minimum Gasteiger partial charge on any atom is -0.460 e. The predicted octanol–water partition coefficient (Wildman–Crippen LogP) is 3.67. The van der Waals surface area contributed by atoms with Crippen LogP contribution in [-0.4, -0.2) is 80.8 Å². The van der Waals surface area contributed by atoms with Crippen LogP contribution in [-0.2, 0) is 30.4 Å². The van der Waals surface area contributed by atoms with Gasteiger partial charge in [-0.25, -0.2) is 14.8 Å². The smallest absolute Gasteiger partial charge is 0.407 e. The maximum atomic E-state index is 12.9. The van der Waals surface area contributed by atoms with Gasteiger partial charge in [0.05, 0.1) is 17.4 Å². The average molecular weight is 641 g/mol. The number of carbonyl (C=O) groups is 3. The molecule has 2 amide bonds. The summed E-state index contributed by atoms with van der Waals surface area (Å²) in [6.07, 6.45) is 13.2. The minimum atomic E-state index is -0.531. The van der Waals surface area contributed by atoms with Crippen LogP contribution in [0.3, 0.4) is 0 Å². The molecule has 5 rings (SSSR count). The number of ether oxygens (including phenoxy) is 3. The molecule has 244 valence electrons. The van der Waals surface area contributed by atoms with Gasteiger partial charge in [-0.1, -0.05) is 30.0 Å². The number of hydrogen-bond acceptors (Lipinski definition) is 11. The molecular formula is C32H44N6O6S. The molecule has 0 spiro atoms. The lowest BCUT2D eigenvalue weighted by atomic mass is 9.79. The number of aromatic nitrogens is 2. The van der Waals surface area contributed by atoms with E-state index >= 15 is 0 Å². The van der Waals surface area contributed by atoms with Gasteiger partial charge >= 0.3 is 12.1 Å². The second-order valence-corrected chi connectivity index (χ2v) is 14.3. The molecule has 45 heavy (non-hydrogen) atoms. The Morgan fingerprint density at radius 1 is 1.11 bits per heavy atom. The lowest BCUT2D eigenvalue weighted by Gasteiger charge is -2.36. The molecule has 2 fully saturated rings. The van der Waals surface area contributed by atoms with E-state index in [1.807, 2.05) is 33.8 Å². The van der Waals surface area contributed by atoms with Crippen LogP contribution < -0.4 is 16.0 Å². The highest BCUT2D eigenvalue weighted by molar-refractivity contribution is 8.14. The number of amidine groups is 1. The number of allylic oxidation sites excluding steroid dienone is 2. The molecule has 13 heteroatoms. The Labute approximate surface area is 268 Å². The van der Waals surface area contributed by atoms with E-state index < -0.39 is 11.7 Å². The van der Waals surface area contributed by atoms with Crippen LogP contribution in [0.4, 0.5) is 4.79 Å². The number of carbonyl (C=O) groups excluding carboxylic acids is 3. The van der Waals surface area contributed by atoms with Crippen molar-refractivity contribution in [3.05, 3.63) is 42.0 Å². The molecule has 4 aliphatic rings. The first kappa shape index (κ1) is 33.1. The second-order valence-electron chi connectivity index (χ2n) is 13.1. The molecular weight excluding hydrogens is 596 g/mol. The molecule has 0 bridgehead atoms. The quantitative estimate of drug-likeness (QED) is 0.323. The molecule has 2 unspecified atom stereocenters. The first-order valence-corrected chi connectivity index (χ1v) is 16.6. The Hall–Kier alpha value is -3.29. The maximum absolute atomic E-state index is 12.9. The molecule has 0 radical (unpaired) electrons. The van der Waals surface area contributed by atoms with Crippen molar-refractivity contribution in [2.24, 2.45) is 10.9 Å². The van der Waals surface area contributed by atoms with Gasteiger partial charge in [-0.05, 0) is 65.4 Å². The third-order valence-electron chi connectivity index (χ3n) is 8.05. The molecule has 0 aromatic carbocycles. The molecule has 1 aliphatic heterocycles. The van der Waals surface area contributed by atoms with Crippen LogP contribution >= 0.6 is 11.8 Å². The molecule has 1 aromatic rings. The fourth-order valence-corrected chi connectivity index (χ4v) is 6.90. The van der Waals surface area contributed by atoms with E-state index in [2.05, 4.69) is 38.1 Å². The zero-order valence-corrected chi connectivity index (χ0v) is 27.4. The molecule has 3 N–H and O–H groups in total. The SMILES string of the molecule is CC(=O)O[C@H]1CCC[C@@H]1OCc1ncc(C2=CC3SC(NC(=O)[C@H]4C[C@@H](N[C@@H](C)CNC(=O)OC(C)(C)C)C4)=NC3C=C2)cn1. The molecule has 3 aliphatic carbocycles. The zero-order valence-electron chi connectivity index (χ0n) is 26.6. The fraction of sp³-hybridized carbons (Fsp3) is 0.625. The van der Waals surface area contributed by atoms with Gasteiger partial charge in [0, 0.05) is 49.4 Å². The summed E-state index contributed by atoms with van der Waals surface area (Å²) in [7, 11) is 0. The Morgan fingerprint density at radius 3 is 2.56 bits per heavy atom. The lowest BCUT2D eigenvalue weighted by Crippen LogP contribution is -2.52. The topological polar surface area (TPSA) is 153 Å². The summed E-state index contributed by atoms with van der Waals surface area (Å²) in [5.41, 5.74) is 1.37. The summed E-state index contributed by atoms with van der Waals surface area (Å²) in [5, 5.41) is 10.0. The molecule has 0 saturated heterocycles. The minimum absolute atomic E-state index is 0.00588. The summed E-state index contributed by atoms with van der Waals surface area (Å²) in [5.74, 6) is 0.218. The summed E-state index contributed by atoms with van der Waals surface area (Å²) in [6.45, 7) is 9.63. The van der Waals surface area contributed by atoms with Gasteiger partial charge in [-0.2, -0.15) is 0 Å². The predicted molar refractivity (Wildman–Crippen MR) is 171 cm³/mol. The number of nitrogens with one attached hydrogen (secondary N) is 3. The van der Waals surface area contributed by atoms with E-state index in [0.717, 1.165) is 43.2 Å². The van der Waals surface area contributed by atoms with Crippen LogP contribution in [0.15, 0.2) is 35.6 Å². The Balaban J connectivity index is 1.02. The van der Waals surface area contributed by atoms with Crippen molar-refractivity contribution in [1.82, 2.24) is 25.9 Å². The lowest BCUT2D eigenvalue weighted by molar-refractivity contribution is -0.153. The number of thioether (sulfide) groups is 1. The van der Waals surface area contributed by atoms with E-state index in [1.54, 1.807) is 24.2 Å². The number of fused-ring (bicyclic) bond motifs is 1. The Morgan fingerprint density at radius 2 is 1.84 bits per heavy atom. The first-order valence-electron chi connectivity index (χ1n) is 15.7. The van der Waals surface area contributed by atoms with Crippen molar-refractivity contribution in [1.29, 1.82) is 0 Å².